The smallest absolute Gasteiger partial charge is 0.222 e. The Morgan fingerprint density at radius 1 is 1.00 bits per heavy atom. The van der Waals surface area contributed by atoms with Gasteiger partial charge in [-0.2, -0.15) is 4.98 Å². The van der Waals surface area contributed by atoms with Gasteiger partial charge in [0.1, 0.15) is 5.82 Å². The van der Waals surface area contributed by atoms with Gasteiger partial charge in [-0.25, -0.2) is 4.98 Å². The van der Waals surface area contributed by atoms with Crippen LogP contribution in [0.15, 0.2) is 48.8 Å². The molecule has 3 aromatic rings. The van der Waals surface area contributed by atoms with Crippen molar-refractivity contribution in [1.82, 2.24) is 15.0 Å². The van der Waals surface area contributed by atoms with Gasteiger partial charge in [0.05, 0.1) is 5.52 Å². The third-order valence-corrected chi connectivity index (χ3v) is 2.83. The van der Waals surface area contributed by atoms with E-state index in [1.165, 1.54) is 0 Å². The maximum atomic E-state index is 5.72. The van der Waals surface area contributed by atoms with E-state index in [2.05, 4.69) is 20.3 Å². The lowest BCUT2D eigenvalue weighted by atomic mass is 10.2. The van der Waals surface area contributed by atoms with E-state index in [9.17, 15) is 0 Å². The van der Waals surface area contributed by atoms with Crippen molar-refractivity contribution in [3.8, 4) is 0 Å². The molecule has 19 heavy (non-hydrogen) atoms. The highest BCUT2D eigenvalue weighted by Gasteiger charge is 2.05. The molecular weight excluding hydrogens is 238 g/mol. The lowest BCUT2D eigenvalue weighted by molar-refractivity contribution is 1.10. The number of benzene rings is 1. The Morgan fingerprint density at radius 3 is 2.63 bits per heavy atom. The van der Waals surface area contributed by atoms with E-state index in [0.29, 0.717) is 6.54 Å². The van der Waals surface area contributed by atoms with Gasteiger partial charge in [-0.05, 0) is 29.8 Å². The average molecular weight is 251 g/mol. The van der Waals surface area contributed by atoms with Crippen LogP contribution in [0.5, 0.6) is 0 Å². The number of nitrogen functional groups attached to an aromatic ring is 1. The van der Waals surface area contributed by atoms with Gasteiger partial charge in [-0.1, -0.05) is 12.1 Å². The quantitative estimate of drug-likeness (QED) is 0.746. The minimum Gasteiger partial charge on any atom is -0.368 e. The first-order valence-corrected chi connectivity index (χ1v) is 5.98. The number of hydrogen-bond donors (Lipinski definition) is 2. The molecule has 0 saturated heterocycles. The number of pyridine rings is 1. The van der Waals surface area contributed by atoms with Crippen molar-refractivity contribution in [1.29, 1.82) is 0 Å². The monoisotopic (exact) mass is 251 g/mol. The van der Waals surface area contributed by atoms with Gasteiger partial charge in [0.25, 0.3) is 0 Å². The Kier molecular flexibility index (Phi) is 2.94. The Morgan fingerprint density at radius 2 is 1.79 bits per heavy atom. The van der Waals surface area contributed by atoms with Gasteiger partial charge in [-0.15, -0.1) is 0 Å². The van der Waals surface area contributed by atoms with Crippen molar-refractivity contribution in [2.75, 3.05) is 11.1 Å². The maximum absolute atomic E-state index is 5.72. The third kappa shape index (κ3) is 2.44. The van der Waals surface area contributed by atoms with Gasteiger partial charge in [0.2, 0.25) is 5.95 Å². The van der Waals surface area contributed by atoms with Gasteiger partial charge in [0.15, 0.2) is 0 Å². The van der Waals surface area contributed by atoms with Crippen molar-refractivity contribution in [2.24, 2.45) is 0 Å². The third-order valence-electron chi connectivity index (χ3n) is 2.83. The number of para-hydroxylation sites is 1. The first-order chi connectivity index (χ1) is 9.33. The lowest BCUT2D eigenvalue weighted by Crippen LogP contribution is -2.05. The van der Waals surface area contributed by atoms with E-state index in [4.69, 9.17) is 5.73 Å². The van der Waals surface area contributed by atoms with E-state index >= 15 is 0 Å². The zero-order valence-electron chi connectivity index (χ0n) is 10.2. The standard InChI is InChI=1S/C14H13N5/c15-14-18-12-4-2-1-3-11(12)13(19-14)17-9-10-5-7-16-8-6-10/h1-8H,9H2,(H3,15,17,18,19). The second-order valence-electron chi connectivity index (χ2n) is 4.16. The Balaban J connectivity index is 1.92. The first kappa shape index (κ1) is 11.4. The minimum absolute atomic E-state index is 0.274. The Labute approximate surface area is 110 Å². The molecule has 0 spiro atoms. The van der Waals surface area contributed by atoms with Crippen LogP contribution < -0.4 is 11.1 Å². The highest BCUT2D eigenvalue weighted by atomic mass is 15.1. The van der Waals surface area contributed by atoms with Gasteiger partial charge in [-0.3, -0.25) is 4.98 Å². The summed E-state index contributed by atoms with van der Waals surface area (Å²) in [6, 6.07) is 11.7. The molecule has 94 valence electrons. The molecule has 0 aliphatic carbocycles. The summed E-state index contributed by atoms with van der Waals surface area (Å²) in [4.78, 5) is 12.5. The van der Waals surface area contributed by atoms with Crippen molar-refractivity contribution in [2.45, 2.75) is 6.54 Å². The van der Waals surface area contributed by atoms with Crippen LogP contribution in [-0.2, 0) is 6.54 Å². The summed E-state index contributed by atoms with van der Waals surface area (Å²) in [5.41, 5.74) is 7.70. The number of anilines is 2. The average Bonchev–Trinajstić information content (AvgIpc) is 2.45. The lowest BCUT2D eigenvalue weighted by Gasteiger charge is -2.09. The number of aromatic nitrogens is 3. The molecular formula is C14H13N5. The van der Waals surface area contributed by atoms with Crippen LogP contribution in [0.1, 0.15) is 5.56 Å². The highest BCUT2D eigenvalue weighted by molar-refractivity contribution is 5.89. The van der Waals surface area contributed by atoms with E-state index in [1.54, 1.807) is 12.4 Å². The molecule has 3 rings (SSSR count). The molecule has 0 saturated carbocycles. The molecule has 1 aromatic carbocycles. The SMILES string of the molecule is Nc1nc(NCc2ccncc2)c2ccccc2n1. The number of fused-ring (bicyclic) bond motifs is 1. The summed E-state index contributed by atoms with van der Waals surface area (Å²) in [7, 11) is 0. The number of nitrogens with two attached hydrogens (primary N) is 1. The zero-order valence-corrected chi connectivity index (χ0v) is 10.2. The van der Waals surface area contributed by atoms with Crippen molar-refractivity contribution in [3.05, 3.63) is 54.4 Å². The fourth-order valence-electron chi connectivity index (χ4n) is 1.92. The molecule has 5 nitrogen and oxygen atoms in total. The molecule has 5 heteroatoms. The maximum Gasteiger partial charge on any atom is 0.222 e. The molecule has 0 aliphatic rings. The van der Waals surface area contributed by atoms with E-state index in [0.717, 1.165) is 22.3 Å². The molecule has 0 bridgehead atoms. The summed E-state index contributed by atoms with van der Waals surface area (Å²) < 4.78 is 0. The summed E-state index contributed by atoms with van der Waals surface area (Å²) >= 11 is 0. The summed E-state index contributed by atoms with van der Waals surface area (Å²) in [5, 5.41) is 4.25. The van der Waals surface area contributed by atoms with Crippen LogP contribution >= 0.6 is 0 Å². The molecule has 2 aromatic heterocycles. The van der Waals surface area contributed by atoms with Crippen LogP contribution in [0.3, 0.4) is 0 Å². The van der Waals surface area contributed by atoms with Crippen LogP contribution in [0, 0.1) is 0 Å². The highest BCUT2D eigenvalue weighted by Crippen LogP contribution is 2.21. The number of hydrogen-bond acceptors (Lipinski definition) is 5. The molecule has 0 fully saturated rings. The molecule has 3 N–H and O–H groups in total. The van der Waals surface area contributed by atoms with E-state index in [-0.39, 0.29) is 5.95 Å². The summed E-state index contributed by atoms with van der Waals surface area (Å²) in [6.45, 7) is 0.670. The van der Waals surface area contributed by atoms with Crippen LogP contribution in [-0.4, -0.2) is 15.0 Å². The van der Waals surface area contributed by atoms with Crippen molar-refractivity contribution >= 4 is 22.7 Å². The van der Waals surface area contributed by atoms with Crippen LogP contribution in [0.4, 0.5) is 11.8 Å². The fourth-order valence-corrected chi connectivity index (χ4v) is 1.92. The number of nitrogens with zero attached hydrogens (tertiary/aromatic N) is 3. The van der Waals surface area contributed by atoms with Gasteiger partial charge in [0, 0.05) is 24.3 Å². The largest absolute Gasteiger partial charge is 0.368 e. The predicted octanol–water partition coefficient (Wildman–Crippen LogP) is 2.22. The van der Waals surface area contributed by atoms with E-state index < -0.39 is 0 Å². The first-order valence-electron chi connectivity index (χ1n) is 5.98. The molecule has 0 atom stereocenters. The Bertz CT molecular complexity index is 697. The molecule has 2 heterocycles. The molecule has 0 unspecified atom stereocenters. The molecule has 0 aliphatic heterocycles. The van der Waals surface area contributed by atoms with Crippen molar-refractivity contribution in [3.63, 3.8) is 0 Å². The van der Waals surface area contributed by atoms with Crippen molar-refractivity contribution < 1.29 is 0 Å². The fraction of sp³-hybridized carbons (Fsp3) is 0.0714. The topological polar surface area (TPSA) is 76.7 Å². The van der Waals surface area contributed by atoms with Crippen LogP contribution in [0.25, 0.3) is 10.9 Å². The normalized spacial score (nSPS) is 10.5. The molecule has 0 radical (unpaired) electrons. The summed E-state index contributed by atoms with van der Waals surface area (Å²) in [5.74, 6) is 1.02. The Hall–Kier alpha value is -2.69. The minimum atomic E-state index is 0.274. The predicted molar refractivity (Wildman–Crippen MR) is 75.5 cm³/mol. The summed E-state index contributed by atoms with van der Waals surface area (Å²) in [6.07, 6.45) is 3.53. The molecule has 0 amide bonds. The van der Waals surface area contributed by atoms with Gasteiger partial charge >= 0.3 is 0 Å². The second-order valence-corrected chi connectivity index (χ2v) is 4.16. The van der Waals surface area contributed by atoms with Crippen LogP contribution in [0.2, 0.25) is 0 Å². The number of rotatable bonds is 3. The van der Waals surface area contributed by atoms with E-state index in [1.807, 2.05) is 36.4 Å². The zero-order chi connectivity index (χ0) is 13.1. The second kappa shape index (κ2) is 4.89. The van der Waals surface area contributed by atoms with Gasteiger partial charge < -0.3 is 11.1 Å². The number of nitrogens with one attached hydrogen (secondary N) is 1.